The molecule has 1 fully saturated rings. The molecule has 20 heavy (non-hydrogen) atoms. The number of aliphatic hydroxyl groups excluding tert-OH is 2. The van der Waals surface area contributed by atoms with Gasteiger partial charge >= 0.3 is 6.03 Å². The van der Waals surface area contributed by atoms with Crippen LogP contribution in [0.15, 0.2) is 24.6 Å². The number of amides is 2. The van der Waals surface area contributed by atoms with Crippen LogP contribution in [0.4, 0.5) is 9.18 Å². The van der Waals surface area contributed by atoms with Crippen LogP contribution >= 0.6 is 0 Å². The minimum atomic E-state index is -2.31. The van der Waals surface area contributed by atoms with E-state index in [0.717, 1.165) is 18.0 Å². The Morgan fingerprint density at radius 2 is 2.15 bits per heavy atom. The molecule has 5 atom stereocenters. The fraction of sp³-hybridized carbons (Fsp3) is 0.583. The van der Waals surface area contributed by atoms with Gasteiger partial charge in [-0.25, -0.2) is 9.18 Å². The molecule has 6 N–H and O–H groups in total. The van der Waals surface area contributed by atoms with Gasteiger partial charge in [-0.05, 0) is 19.9 Å². The lowest BCUT2D eigenvalue weighted by molar-refractivity contribution is -0.0887. The zero-order valence-corrected chi connectivity index (χ0v) is 11.4. The summed E-state index contributed by atoms with van der Waals surface area (Å²) in [4.78, 5) is 12.2. The zero-order chi connectivity index (χ0) is 15.7. The summed E-state index contributed by atoms with van der Waals surface area (Å²) in [6.45, 7) is 5.80. The Morgan fingerprint density at radius 1 is 1.60 bits per heavy atom. The summed E-state index contributed by atoms with van der Waals surface area (Å²) in [5, 5.41) is 19.3. The van der Waals surface area contributed by atoms with Gasteiger partial charge in [0.1, 0.15) is 12.2 Å². The van der Waals surface area contributed by atoms with Crippen molar-refractivity contribution < 1.29 is 24.1 Å². The number of urea groups is 1. The summed E-state index contributed by atoms with van der Waals surface area (Å²) in [5.74, 6) is 0. The van der Waals surface area contributed by atoms with Gasteiger partial charge in [-0.15, -0.1) is 0 Å². The van der Waals surface area contributed by atoms with Crippen LogP contribution in [0.3, 0.4) is 0 Å². The van der Waals surface area contributed by atoms with E-state index in [1.807, 2.05) is 0 Å². The van der Waals surface area contributed by atoms with E-state index in [1.54, 1.807) is 0 Å². The lowest BCUT2D eigenvalue weighted by atomic mass is 9.96. The van der Waals surface area contributed by atoms with Gasteiger partial charge < -0.3 is 26.4 Å². The van der Waals surface area contributed by atoms with Crippen molar-refractivity contribution in [2.45, 2.75) is 44.1 Å². The molecule has 0 bridgehead atoms. The topological polar surface area (TPSA) is 122 Å². The van der Waals surface area contributed by atoms with Crippen molar-refractivity contribution in [1.82, 2.24) is 4.90 Å². The van der Waals surface area contributed by atoms with Crippen molar-refractivity contribution in [1.29, 1.82) is 0 Å². The van der Waals surface area contributed by atoms with Crippen molar-refractivity contribution in [3.8, 4) is 0 Å². The Bertz CT molecular complexity index is 425. The third-order valence-electron chi connectivity index (χ3n) is 3.09. The highest BCUT2D eigenvalue weighted by Crippen LogP contribution is 2.37. The van der Waals surface area contributed by atoms with E-state index in [1.165, 1.54) is 13.0 Å². The van der Waals surface area contributed by atoms with Crippen LogP contribution in [-0.2, 0) is 4.74 Å². The second-order valence-corrected chi connectivity index (χ2v) is 4.93. The molecular formula is C12H20FN3O4. The number of nitrogens with zero attached hydrogens (tertiary/aromatic N) is 1. The fourth-order valence-corrected chi connectivity index (χ4v) is 1.98. The first kappa shape index (κ1) is 16.4. The number of aliphatic hydroxyl groups is 2. The normalized spacial score (nSPS) is 35.1. The van der Waals surface area contributed by atoms with Crippen LogP contribution in [0.2, 0.25) is 0 Å². The third-order valence-corrected chi connectivity index (χ3v) is 3.09. The Hall–Kier alpha value is -1.64. The van der Waals surface area contributed by atoms with Crippen molar-refractivity contribution in [2.75, 3.05) is 0 Å². The molecule has 1 aliphatic rings. The predicted octanol–water partition coefficient (Wildman–Crippen LogP) is -0.452. The second kappa shape index (κ2) is 5.78. The molecule has 0 aliphatic carbocycles. The van der Waals surface area contributed by atoms with Gasteiger partial charge in [0, 0.05) is 11.9 Å². The van der Waals surface area contributed by atoms with Crippen molar-refractivity contribution in [3.05, 3.63) is 24.6 Å². The molecule has 0 saturated carbocycles. The number of carbonyl (C=O) groups excluding carboxylic acids is 1. The van der Waals surface area contributed by atoms with Crippen LogP contribution in [-0.4, -0.2) is 51.4 Å². The maximum absolute atomic E-state index is 14.6. The molecule has 7 nitrogen and oxygen atoms in total. The average Bonchev–Trinajstić information content (AvgIpc) is 2.52. The van der Waals surface area contributed by atoms with Crippen LogP contribution in [0.25, 0.3) is 0 Å². The first-order valence-electron chi connectivity index (χ1n) is 6.00. The molecule has 0 spiro atoms. The summed E-state index contributed by atoms with van der Waals surface area (Å²) in [7, 11) is 0. The van der Waals surface area contributed by atoms with E-state index in [0.29, 0.717) is 0 Å². The molecule has 1 rings (SSSR count). The number of ether oxygens (including phenoxy) is 1. The van der Waals surface area contributed by atoms with Gasteiger partial charge in [0.05, 0.1) is 6.10 Å². The highest BCUT2D eigenvalue weighted by atomic mass is 19.1. The van der Waals surface area contributed by atoms with Crippen LogP contribution in [0.1, 0.15) is 13.8 Å². The quantitative estimate of drug-likeness (QED) is 0.522. The van der Waals surface area contributed by atoms with Crippen LogP contribution in [0.5, 0.6) is 0 Å². The molecule has 0 aromatic rings. The summed E-state index contributed by atoms with van der Waals surface area (Å²) < 4.78 is 19.8. The lowest BCUT2D eigenvalue weighted by Gasteiger charge is -2.30. The van der Waals surface area contributed by atoms with Crippen LogP contribution in [0, 0.1) is 0 Å². The van der Waals surface area contributed by atoms with Crippen molar-refractivity contribution in [2.24, 2.45) is 11.5 Å². The standard InChI is InChI=1S/C12H20FN3O4/c1-6(14)4-5-16(11(15)19)10-12(3,13)9(18)8(20-10)7(2)17/h4-5,7-10,17-18H,1,14H2,2-3H3,(H2,15,19)/b5-4-/t7-,8+,9+,10+,12-/m0/s1. The lowest BCUT2D eigenvalue weighted by Crippen LogP contribution is -2.51. The smallest absolute Gasteiger partial charge is 0.321 e. The highest BCUT2D eigenvalue weighted by Gasteiger charge is 2.57. The van der Waals surface area contributed by atoms with Gasteiger partial charge in [-0.2, -0.15) is 0 Å². The van der Waals surface area contributed by atoms with Crippen molar-refractivity contribution >= 4 is 6.03 Å². The van der Waals surface area contributed by atoms with E-state index < -0.39 is 36.2 Å². The highest BCUT2D eigenvalue weighted by molar-refractivity contribution is 5.73. The fourth-order valence-electron chi connectivity index (χ4n) is 1.98. The second-order valence-electron chi connectivity index (χ2n) is 4.93. The number of allylic oxidation sites excluding steroid dienone is 1. The molecule has 0 unspecified atom stereocenters. The van der Waals surface area contributed by atoms with E-state index in [-0.39, 0.29) is 5.70 Å². The van der Waals surface area contributed by atoms with Gasteiger partial charge in [0.15, 0.2) is 11.9 Å². The molecule has 2 amide bonds. The Labute approximate surface area is 116 Å². The van der Waals surface area contributed by atoms with Gasteiger partial charge in [-0.3, -0.25) is 4.90 Å². The zero-order valence-electron chi connectivity index (χ0n) is 11.4. The minimum absolute atomic E-state index is 0.127. The molecule has 1 saturated heterocycles. The molecule has 0 radical (unpaired) electrons. The van der Waals surface area contributed by atoms with Gasteiger partial charge in [0.2, 0.25) is 0 Å². The predicted molar refractivity (Wildman–Crippen MR) is 69.8 cm³/mol. The van der Waals surface area contributed by atoms with Gasteiger partial charge in [0.25, 0.3) is 0 Å². The summed E-state index contributed by atoms with van der Waals surface area (Å²) >= 11 is 0. The molecule has 8 heteroatoms. The summed E-state index contributed by atoms with van der Waals surface area (Å²) in [6.07, 6.45) is -3.02. The van der Waals surface area contributed by atoms with Gasteiger partial charge in [-0.1, -0.05) is 6.58 Å². The van der Waals surface area contributed by atoms with Crippen LogP contribution < -0.4 is 11.5 Å². The largest absolute Gasteiger partial charge is 0.399 e. The van der Waals surface area contributed by atoms with Crippen molar-refractivity contribution in [3.63, 3.8) is 0 Å². The number of carbonyl (C=O) groups is 1. The average molecular weight is 289 g/mol. The molecule has 1 heterocycles. The van der Waals surface area contributed by atoms with E-state index in [4.69, 9.17) is 16.2 Å². The van der Waals surface area contributed by atoms with E-state index in [2.05, 4.69) is 6.58 Å². The number of nitrogens with two attached hydrogens (primary N) is 2. The number of hydrogen-bond donors (Lipinski definition) is 4. The van der Waals surface area contributed by atoms with E-state index in [9.17, 15) is 19.4 Å². The molecule has 0 aromatic heterocycles. The first-order chi connectivity index (χ1) is 9.09. The molecule has 114 valence electrons. The number of primary amides is 1. The molecule has 1 aliphatic heterocycles. The molecule has 0 aromatic carbocycles. The summed E-state index contributed by atoms with van der Waals surface area (Å²) in [6, 6.07) is -0.991. The number of hydrogen-bond acceptors (Lipinski definition) is 5. The Kier molecular flexibility index (Phi) is 4.74. The van der Waals surface area contributed by atoms with E-state index >= 15 is 0 Å². The third kappa shape index (κ3) is 3.09. The first-order valence-corrected chi connectivity index (χ1v) is 6.00. The summed E-state index contributed by atoms with van der Waals surface area (Å²) in [5.41, 5.74) is 8.31. The molecular weight excluding hydrogens is 269 g/mol. The maximum atomic E-state index is 14.6. The SMILES string of the molecule is C=C(N)/C=C\N(C(N)=O)[C@@H]1O[C@H]([C@H](C)O)[C@@H](O)[C@]1(C)F. The monoisotopic (exact) mass is 289 g/mol. The Morgan fingerprint density at radius 3 is 2.50 bits per heavy atom. The Balaban J connectivity index is 3.08. The number of rotatable bonds is 4. The maximum Gasteiger partial charge on any atom is 0.321 e. The number of halogens is 1. The number of alkyl halides is 1. The minimum Gasteiger partial charge on any atom is -0.399 e.